The van der Waals surface area contributed by atoms with E-state index < -0.39 is 0 Å². The Balaban J connectivity index is 3.68. The third-order valence-corrected chi connectivity index (χ3v) is 2.07. The molecule has 0 aliphatic rings. The zero-order chi connectivity index (χ0) is 11.0. The maximum atomic E-state index is 9.15. The van der Waals surface area contributed by atoms with E-state index in [2.05, 4.69) is 26.1 Å². The fourth-order valence-electron chi connectivity index (χ4n) is 1.51. The summed E-state index contributed by atoms with van der Waals surface area (Å²) in [7, 11) is 0. The molecule has 0 heterocycles. The van der Waals surface area contributed by atoms with E-state index in [1.54, 1.807) is 0 Å². The molecule has 0 saturated heterocycles. The lowest BCUT2D eigenvalue weighted by Crippen LogP contribution is -2.42. The summed E-state index contributed by atoms with van der Waals surface area (Å²) in [5.74, 6) is 0.610. The number of ether oxygens (including phenoxy) is 1. The number of rotatable bonds is 8. The Morgan fingerprint density at radius 3 is 2.36 bits per heavy atom. The van der Waals surface area contributed by atoms with Crippen molar-refractivity contribution in [2.75, 3.05) is 19.8 Å². The molecule has 86 valence electrons. The van der Waals surface area contributed by atoms with Crippen LogP contribution in [0.2, 0.25) is 0 Å². The summed E-state index contributed by atoms with van der Waals surface area (Å²) in [6.07, 6.45) is 1.01. The van der Waals surface area contributed by atoms with Crippen molar-refractivity contribution in [3.63, 3.8) is 0 Å². The van der Waals surface area contributed by atoms with E-state index in [0.29, 0.717) is 18.6 Å². The van der Waals surface area contributed by atoms with E-state index >= 15 is 0 Å². The van der Waals surface area contributed by atoms with E-state index in [0.717, 1.165) is 13.0 Å². The third-order valence-electron chi connectivity index (χ3n) is 2.07. The van der Waals surface area contributed by atoms with Gasteiger partial charge in [-0.1, -0.05) is 13.8 Å². The van der Waals surface area contributed by atoms with Gasteiger partial charge >= 0.3 is 0 Å². The van der Waals surface area contributed by atoms with Crippen LogP contribution in [0.15, 0.2) is 0 Å². The normalized spacial score (nSPS) is 15.9. The average molecular weight is 203 g/mol. The van der Waals surface area contributed by atoms with Crippen molar-refractivity contribution in [2.45, 2.75) is 46.2 Å². The molecule has 0 aliphatic carbocycles. The predicted molar refractivity (Wildman–Crippen MR) is 59.4 cm³/mol. The summed E-state index contributed by atoms with van der Waals surface area (Å²) in [4.78, 5) is 0. The summed E-state index contributed by atoms with van der Waals surface area (Å²) in [5, 5.41) is 12.5. The molecule has 3 nitrogen and oxygen atoms in total. The monoisotopic (exact) mass is 203 g/mol. The second kappa shape index (κ2) is 8.21. The largest absolute Gasteiger partial charge is 0.395 e. The van der Waals surface area contributed by atoms with Crippen LogP contribution in [0, 0.1) is 5.92 Å². The van der Waals surface area contributed by atoms with Crippen LogP contribution in [-0.2, 0) is 4.74 Å². The van der Waals surface area contributed by atoms with Gasteiger partial charge < -0.3 is 15.2 Å². The first-order valence-corrected chi connectivity index (χ1v) is 5.54. The Bertz CT molecular complexity index is 128. The van der Waals surface area contributed by atoms with Crippen LogP contribution in [0.4, 0.5) is 0 Å². The maximum absolute atomic E-state index is 9.15. The second-order valence-corrected chi connectivity index (χ2v) is 4.24. The van der Waals surface area contributed by atoms with Gasteiger partial charge in [-0.25, -0.2) is 0 Å². The Labute approximate surface area is 87.8 Å². The van der Waals surface area contributed by atoms with E-state index in [1.807, 2.05) is 6.92 Å². The van der Waals surface area contributed by atoms with Crippen LogP contribution in [0.5, 0.6) is 0 Å². The van der Waals surface area contributed by atoms with E-state index in [-0.39, 0.29) is 12.6 Å². The number of hydrogen-bond acceptors (Lipinski definition) is 3. The fourth-order valence-corrected chi connectivity index (χ4v) is 1.51. The van der Waals surface area contributed by atoms with Crippen molar-refractivity contribution in [2.24, 2.45) is 5.92 Å². The summed E-state index contributed by atoms with van der Waals surface area (Å²) in [6.45, 7) is 10.1. The SMILES string of the molecule is CCOCC(C)NC(CO)CC(C)C. The number of aliphatic hydroxyl groups excluding tert-OH is 1. The highest BCUT2D eigenvalue weighted by atomic mass is 16.5. The number of aliphatic hydroxyl groups is 1. The molecular weight excluding hydrogens is 178 g/mol. The minimum Gasteiger partial charge on any atom is -0.395 e. The molecule has 0 saturated carbocycles. The fraction of sp³-hybridized carbons (Fsp3) is 1.00. The summed E-state index contributed by atoms with van der Waals surface area (Å²) >= 11 is 0. The average Bonchev–Trinajstić information content (AvgIpc) is 2.12. The second-order valence-electron chi connectivity index (χ2n) is 4.24. The van der Waals surface area contributed by atoms with Gasteiger partial charge in [0.1, 0.15) is 0 Å². The van der Waals surface area contributed by atoms with Crippen molar-refractivity contribution in [1.82, 2.24) is 5.32 Å². The van der Waals surface area contributed by atoms with Gasteiger partial charge in [-0.05, 0) is 26.2 Å². The van der Waals surface area contributed by atoms with Crippen LogP contribution in [-0.4, -0.2) is 37.0 Å². The molecule has 0 aromatic rings. The van der Waals surface area contributed by atoms with Crippen LogP contribution >= 0.6 is 0 Å². The van der Waals surface area contributed by atoms with Crippen LogP contribution in [0.25, 0.3) is 0 Å². The molecule has 2 unspecified atom stereocenters. The molecule has 2 atom stereocenters. The Hall–Kier alpha value is -0.120. The molecule has 3 heteroatoms. The van der Waals surface area contributed by atoms with Crippen LogP contribution in [0.3, 0.4) is 0 Å². The van der Waals surface area contributed by atoms with Gasteiger partial charge in [0.05, 0.1) is 13.2 Å². The first-order chi connectivity index (χ1) is 6.60. The third kappa shape index (κ3) is 7.30. The van der Waals surface area contributed by atoms with Gasteiger partial charge in [0, 0.05) is 18.7 Å². The lowest BCUT2D eigenvalue weighted by molar-refractivity contribution is 0.115. The smallest absolute Gasteiger partial charge is 0.0616 e. The van der Waals surface area contributed by atoms with Crippen LogP contribution < -0.4 is 5.32 Å². The van der Waals surface area contributed by atoms with Crippen molar-refractivity contribution >= 4 is 0 Å². The van der Waals surface area contributed by atoms with Gasteiger partial charge in [0.25, 0.3) is 0 Å². The zero-order valence-corrected chi connectivity index (χ0v) is 9.92. The Morgan fingerprint density at radius 1 is 1.29 bits per heavy atom. The molecule has 0 spiro atoms. The van der Waals surface area contributed by atoms with Gasteiger partial charge in [0.2, 0.25) is 0 Å². The highest BCUT2D eigenvalue weighted by Gasteiger charge is 2.12. The minimum absolute atomic E-state index is 0.199. The van der Waals surface area contributed by atoms with Crippen molar-refractivity contribution < 1.29 is 9.84 Å². The van der Waals surface area contributed by atoms with Crippen LogP contribution in [0.1, 0.15) is 34.1 Å². The molecule has 0 rings (SSSR count). The van der Waals surface area contributed by atoms with Crippen molar-refractivity contribution in [1.29, 1.82) is 0 Å². The maximum Gasteiger partial charge on any atom is 0.0616 e. The molecule has 0 radical (unpaired) electrons. The standard InChI is InChI=1S/C11H25NO2/c1-5-14-8-10(4)12-11(7-13)6-9(2)3/h9-13H,5-8H2,1-4H3. The Morgan fingerprint density at radius 2 is 1.93 bits per heavy atom. The van der Waals surface area contributed by atoms with E-state index in [1.165, 1.54) is 0 Å². The summed E-state index contributed by atoms with van der Waals surface area (Å²) in [5.41, 5.74) is 0. The van der Waals surface area contributed by atoms with Gasteiger partial charge in [-0.15, -0.1) is 0 Å². The highest BCUT2D eigenvalue weighted by molar-refractivity contribution is 4.71. The molecule has 14 heavy (non-hydrogen) atoms. The topological polar surface area (TPSA) is 41.5 Å². The number of hydrogen-bond donors (Lipinski definition) is 2. The lowest BCUT2D eigenvalue weighted by Gasteiger charge is -2.22. The predicted octanol–water partition coefficient (Wildman–Crippen LogP) is 1.41. The molecule has 0 aromatic carbocycles. The quantitative estimate of drug-likeness (QED) is 0.626. The molecule has 0 fully saturated rings. The van der Waals surface area contributed by atoms with E-state index in [4.69, 9.17) is 9.84 Å². The Kier molecular flexibility index (Phi) is 8.14. The summed E-state index contributed by atoms with van der Waals surface area (Å²) < 4.78 is 5.30. The minimum atomic E-state index is 0.199. The lowest BCUT2D eigenvalue weighted by atomic mass is 10.0. The first kappa shape index (κ1) is 13.9. The molecule has 0 amide bonds. The molecule has 0 aliphatic heterocycles. The van der Waals surface area contributed by atoms with Gasteiger partial charge in [0.15, 0.2) is 0 Å². The summed E-state index contributed by atoms with van der Waals surface area (Å²) in [6, 6.07) is 0.510. The number of nitrogens with one attached hydrogen (secondary N) is 1. The molecule has 0 bridgehead atoms. The van der Waals surface area contributed by atoms with E-state index in [9.17, 15) is 0 Å². The molecular formula is C11H25NO2. The van der Waals surface area contributed by atoms with Crippen molar-refractivity contribution in [3.8, 4) is 0 Å². The highest BCUT2D eigenvalue weighted by Crippen LogP contribution is 2.04. The van der Waals surface area contributed by atoms with Gasteiger partial charge in [-0.2, -0.15) is 0 Å². The van der Waals surface area contributed by atoms with Gasteiger partial charge in [-0.3, -0.25) is 0 Å². The first-order valence-electron chi connectivity index (χ1n) is 5.54. The molecule has 2 N–H and O–H groups in total. The van der Waals surface area contributed by atoms with Crippen molar-refractivity contribution in [3.05, 3.63) is 0 Å². The zero-order valence-electron chi connectivity index (χ0n) is 9.92. The molecule has 0 aromatic heterocycles.